The Morgan fingerprint density at radius 3 is 2.96 bits per heavy atom. The number of H-pyrrole nitrogens is 1. The van der Waals surface area contributed by atoms with E-state index in [-0.39, 0.29) is 24.4 Å². The molecule has 5 nitrogen and oxygen atoms in total. The summed E-state index contributed by atoms with van der Waals surface area (Å²) in [7, 11) is 0. The van der Waals surface area contributed by atoms with Crippen LogP contribution in [0.1, 0.15) is 52.0 Å². The molecule has 150 valence electrons. The number of cyclic esters (lactones) is 1. The largest absolute Gasteiger partial charge is 0.457 e. The second kappa shape index (κ2) is 9.20. The first kappa shape index (κ1) is 20.3. The second-order valence-corrected chi connectivity index (χ2v) is 8.08. The van der Waals surface area contributed by atoms with Crippen molar-refractivity contribution >= 4 is 22.9 Å². The summed E-state index contributed by atoms with van der Waals surface area (Å²) < 4.78 is 5.80. The van der Waals surface area contributed by atoms with Gasteiger partial charge in [0.15, 0.2) is 0 Å². The number of aromatic amines is 1. The number of hydrogen-bond acceptors (Lipinski definition) is 4. The third kappa shape index (κ3) is 5.32. The van der Waals surface area contributed by atoms with Crippen LogP contribution < -0.4 is 0 Å². The molecule has 0 aliphatic carbocycles. The van der Waals surface area contributed by atoms with Gasteiger partial charge in [0.25, 0.3) is 0 Å². The van der Waals surface area contributed by atoms with Gasteiger partial charge in [-0.3, -0.25) is 9.89 Å². The third-order valence-corrected chi connectivity index (χ3v) is 5.42. The van der Waals surface area contributed by atoms with E-state index in [2.05, 4.69) is 36.2 Å². The number of nitrogens with one attached hydrogen (secondary N) is 1. The maximum Gasteiger partial charge on any atom is 0.309 e. The zero-order chi connectivity index (χ0) is 20.1. The summed E-state index contributed by atoms with van der Waals surface area (Å²) in [6.45, 7) is 6.24. The molecule has 0 saturated carbocycles. The molecule has 1 aliphatic rings. The minimum Gasteiger partial charge on any atom is -0.457 e. The van der Waals surface area contributed by atoms with E-state index in [1.807, 2.05) is 31.2 Å². The molecule has 2 heterocycles. The summed E-state index contributed by atoms with van der Waals surface area (Å²) in [5, 5.41) is 18.2. The van der Waals surface area contributed by atoms with Crippen molar-refractivity contribution in [2.24, 2.45) is 11.8 Å². The Morgan fingerprint density at radius 1 is 1.32 bits per heavy atom. The van der Waals surface area contributed by atoms with Crippen LogP contribution in [-0.4, -0.2) is 33.5 Å². The quantitative estimate of drug-likeness (QED) is 0.586. The van der Waals surface area contributed by atoms with Crippen LogP contribution in [0.25, 0.3) is 17.0 Å². The zero-order valence-corrected chi connectivity index (χ0v) is 16.9. The molecule has 1 aromatic carbocycles. The standard InChI is InChI=1S/C23H30N2O3/c1-15-5-4-6-16(2)23(28-22(27)13-20(26)10-7-15)17(3)11-18-8-9-19-14-24-25-21(19)12-18/h4,6,8-9,11-12,14-16,20,23,26H,5,7,10,13H2,1-3H3,(H,24,25)/b6-4+,17-11+/t15-,16+,20-,23+/m1/s1. The number of allylic oxidation sites excluding steroid dienone is 1. The Balaban J connectivity index is 1.85. The van der Waals surface area contributed by atoms with Gasteiger partial charge in [0.2, 0.25) is 0 Å². The number of benzene rings is 1. The van der Waals surface area contributed by atoms with Crippen molar-refractivity contribution in [3.05, 3.63) is 47.7 Å². The molecule has 3 rings (SSSR count). The van der Waals surface area contributed by atoms with E-state index in [9.17, 15) is 9.90 Å². The third-order valence-electron chi connectivity index (χ3n) is 5.42. The van der Waals surface area contributed by atoms with Crippen molar-refractivity contribution in [1.82, 2.24) is 10.2 Å². The summed E-state index contributed by atoms with van der Waals surface area (Å²) in [6, 6.07) is 6.09. The molecule has 0 bridgehead atoms. The van der Waals surface area contributed by atoms with Crippen molar-refractivity contribution in [1.29, 1.82) is 0 Å². The van der Waals surface area contributed by atoms with Crippen molar-refractivity contribution in [3.8, 4) is 0 Å². The summed E-state index contributed by atoms with van der Waals surface area (Å²) in [5.74, 6) is 0.201. The van der Waals surface area contributed by atoms with E-state index in [1.54, 1.807) is 6.20 Å². The SMILES string of the molecule is C/C(=C\c1ccc2cn[nH]c2c1)[C@H]1OC(=O)C[C@H](O)CC[C@H](C)C/C=C/[C@@H]1C. The van der Waals surface area contributed by atoms with Crippen LogP contribution in [0.2, 0.25) is 0 Å². The number of rotatable bonds is 2. The molecular weight excluding hydrogens is 352 g/mol. The fraction of sp³-hybridized carbons (Fsp3) is 0.478. The molecule has 28 heavy (non-hydrogen) atoms. The molecule has 0 fully saturated rings. The number of aromatic nitrogens is 2. The fourth-order valence-electron chi connectivity index (χ4n) is 3.71. The first-order valence-electron chi connectivity index (χ1n) is 10.1. The second-order valence-electron chi connectivity index (χ2n) is 8.08. The Bertz CT molecular complexity index is 868. The van der Waals surface area contributed by atoms with Crippen molar-refractivity contribution in [2.75, 3.05) is 0 Å². The highest BCUT2D eigenvalue weighted by Gasteiger charge is 2.24. The van der Waals surface area contributed by atoms with Gasteiger partial charge in [-0.25, -0.2) is 0 Å². The van der Waals surface area contributed by atoms with Crippen LogP contribution in [0.5, 0.6) is 0 Å². The monoisotopic (exact) mass is 382 g/mol. The summed E-state index contributed by atoms with van der Waals surface area (Å²) in [6.07, 6.45) is 9.72. The van der Waals surface area contributed by atoms with E-state index >= 15 is 0 Å². The van der Waals surface area contributed by atoms with Gasteiger partial charge in [-0.15, -0.1) is 0 Å². The lowest BCUT2D eigenvalue weighted by atomic mass is 9.93. The number of esters is 1. The molecule has 1 aromatic heterocycles. The number of carbonyl (C=O) groups is 1. The molecule has 5 heteroatoms. The van der Waals surface area contributed by atoms with Crippen molar-refractivity contribution in [2.45, 2.75) is 58.7 Å². The number of fused-ring (bicyclic) bond motifs is 1. The number of hydrogen-bond donors (Lipinski definition) is 2. The highest BCUT2D eigenvalue weighted by atomic mass is 16.5. The minimum atomic E-state index is -0.638. The van der Waals surface area contributed by atoms with E-state index in [4.69, 9.17) is 4.74 Å². The highest BCUT2D eigenvalue weighted by Crippen LogP contribution is 2.25. The van der Waals surface area contributed by atoms with Crippen LogP contribution >= 0.6 is 0 Å². The topological polar surface area (TPSA) is 75.2 Å². The molecule has 2 N–H and O–H groups in total. The first-order chi connectivity index (χ1) is 13.4. The molecular formula is C23H30N2O3. The van der Waals surface area contributed by atoms with Crippen molar-refractivity contribution < 1.29 is 14.6 Å². The number of nitrogens with zero attached hydrogens (tertiary/aromatic N) is 1. The van der Waals surface area contributed by atoms with E-state index in [0.717, 1.165) is 34.9 Å². The molecule has 0 spiro atoms. The molecule has 0 radical (unpaired) electrons. The fourth-order valence-corrected chi connectivity index (χ4v) is 3.71. The summed E-state index contributed by atoms with van der Waals surface area (Å²) in [4.78, 5) is 12.4. The Hall–Kier alpha value is -2.40. The molecule has 0 saturated heterocycles. The highest BCUT2D eigenvalue weighted by molar-refractivity contribution is 5.80. The van der Waals surface area contributed by atoms with Crippen LogP contribution in [-0.2, 0) is 9.53 Å². The van der Waals surface area contributed by atoms with Crippen LogP contribution in [0.4, 0.5) is 0 Å². The summed E-state index contributed by atoms with van der Waals surface area (Å²) >= 11 is 0. The molecule has 0 amide bonds. The Morgan fingerprint density at radius 2 is 2.14 bits per heavy atom. The minimum absolute atomic E-state index is 0.0486. The van der Waals surface area contributed by atoms with Crippen LogP contribution in [0, 0.1) is 11.8 Å². The van der Waals surface area contributed by atoms with Crippen molar-refractivity contribution in [3.63, 3.8) is 0 Å². The Labute approximate surface area is 166 Å². The number of ether oxygens (including phenoxy) is 1. The predicted molar refractivity (Wildman–Crippen MR) is 112 cm³/mol. The van der Waals surface area contributed by atoms with Gasteiger partial charge in [-0.1, -0.05) is 44.2 Å². The number of carbonyl (C=O) groups excluding carboxylic acids is 1. The normalized spacial score (nSPS) is 29.0. The number of aliphatic hydroxyl groups is 1. The van der Waals surface area contributed by atoms with Gasteiger partial charge in [-0.2, -0.15) is 5.10 Å². The maximum atomic E-state index is 12.4. The van der Waals surface area contributed by atoms with E-state index in [0.29, 0.717) is 12.3 Å². The number of aliphatic hydroxyl groups excluding tert-OH is 1. The van der Waals surface area contributed by atoms with Crippen LogP contribution in [0.3, 0.4) is 0 Å². The molecule has 1 aliphatic heterocycles. The van der Waals surface area contributed by atoms with Gasteiger partial charge in [0.1, 0.15) is 6.10 Å². The lowest BCUT2D eigenvalue weighted by Crippen LogP contribution is -2.28. The average Bonchev–Trinajstić information content (AvgIpc) is 3.11. The smallest absolute Gasteiger partial charge is 0.309 e. The summed E-state index contributed by atoms with van der Waals surface area (Å²) in [5.41, 5.74) is 2.98. The lowest BCUT2D eigenvalue weighted by molar-refractivity contribution is -0.151. The maximum absolute atomic E-state index is 12.4. The van der Waals surface area contributed by atoms with Gasteiger partial charge in [0, 0.05) is 11.3 Å². The van der Waals surface area contributed by atoms with Crippen LogP contribution in [0.15, 0.2) is 42.1 Å². The first-order valence-corrected chi connectivity index (χ1v) is 10.1. The lowest BCUT2D eigenvalue weighted by Gasteiger charge is -2.25. The van der Waals surface area contributed by atoms with E-state index in [1.165, 1.54) is 0 Å². The van der Waals surface area contributed by atoms with E-state index < -0.39 is 6.10 Å². The molecule has 2 aromatic rings. The average molecular weight is 383 g/mol. The molecule has 0 unspecified atom stereocenters. The molecule has 4 atom stereocenters. The van der Waals surface area contributed by atoms with Gasteiger partial charge >= 0.3 is 5.97 Å². The van der Waals surface area contributed by atoms with Gasteiger partial charge in [0.05, 0.1) is 24.2 Å². The van der Waals surface area contributed by atoms with Gasteiger partial charge in [-0.05, 0) is 49.3 Å². The van der Waals surface area contributed by atoms with Gasteiger partial charge < -0.3 is 9.84 Å². The zero-order valence-electron chi connectivity index (χ0n) is 16.9. The predicted octanol–water partition coefficient (Wildman–Crippen LogP) is 4.64. The Kier molecular flexibility index (Phi) is 6.68.